The summed E-state index contributed by atoms with van der Waals surface area (Å²) in [5.74, 6) is 5.20. The summed E-state index contributed by atoms with van der Waals surface area (Å²) in [7, 11) is 0. The van der Waals surface area contributed by atoms with Crippen LogP contribution in [0.25, 0.3) is 0 Å². The first-order chi connectivity index (χ1) is 7.20. The molecule has 1 heterocycles. The highest BCUT2D eigenvalue weighted by atomic mass is 79.9. The van der Waals surface area contributed by atoms with Gasteiger partial charge in [-0.2, -0.15) is 0 Å². The topological polar surface area (TPSA) is 38.5 Å². The Morgan fingerprint density at radius 1 is 1.53 bits per heavy atom. The van der Waals surface area contributed by atoms with Gasteiger partial charge in [0.1, 0.15) is 0 Å². The lowest BCUT2D eigenvalue weighted by atomic mass is 10.2. The Hall–Kier alpha value is -0.580. The second-order valence-electron chi connectivity index (χ2n) is 3.92. The molecule has 0 aromatic heterocycles. The van der Waals surface area contributed by atoms with Crippen LogP contribution in [0.15, 0.2) is 22.7 Å². The maximum absolute atomic E-state index is 5.20. The van der Waals surface area contributed by atoms with Crippen molar-refractivity contribution in [2.75, 3.05) is 18.0 Å². The van der Waals surface area contributed by atoms with Crippen molar-refractivity contribution in [3.8, 4) is 0 Å². The molecule has 0 aliphatic carbocycles. The van der Waals surface area contributed by atoms with Gasteiger partial charge in [0.25, 0.3) is 0 Å². The average molecular weight is 271 g/mol. The Bertz CT molecular complexity index is 356. The van der Waals surface area contributed by atoms with Crippen LogP contribution in [0.1, 0.15) is 12.0 Å². The van der Waals surface area contributed by atoms with Gasteiger partial charge in [-0.1, -0.05) is 15.9 Å². The number of hydrogen-bond donors (Lipinski definition) is 1. The highest BCUT2D eigenvalue weighted by molar-refractivity contribution is 9.10. The van der Waals surface area contributed by atoms with E-state index in [-0.39, 0.29) is 6.10 Å². The first-order valence-corrected chi connectivity index (χ1v) is 5.86. The maximum Gasteiger partial charge on any atom is 0.0978 e. The molecule has 1 aliphatic rings. The Morgan fingerprint density at radius 2 is 2.33 bits per heavy atom. The SMILES string of the molecule is Cc1cc(Br)ccc1N1CCC(ON)C1. The summed E-state index contributed by atoms with van der Waals surface area (Å²) in [4.78, 5) is 7.19. The predicted octanol–water partition coefficient (Wildman–Crippen LogP) is 2.23. The molecule has 2 rings (SSSR count). The van der Waals surface area contributed by atoms with Crippen molar-refractivity contribution in [2.45, 2.75) is 19.4 Å². The zero-order chi connectivity index (χ0) is 10.8. The number of nitrogens with two attached hydrogens (primary N) is 1. The van der Waals surface area contributed by atoms with Gasteiger partial charge in [0.05, 0.1) is 6.10 Å². The van der Waals surface area contributed by atoms with E-state index in [1.807, 2.05) is 0 Å². The molecule has 82 valence electrons. The number of aryl methyl sites for hydroxylation is 1. The lowest BCUT2D eigenvalue weighted by Gasteiger charge is -2.20. The number of hydrogen-bond acceptors (Lipinski definition) is 3. The summed E-state index contributed by atoms with van der Waals surface area (Å²) in [5, 5.41) is 0. The molecule has 0 amide bonds. The molecular formula is C11H15BrN2O. The van der Waals surface area contributed by atoms with Crippen molar-refractivity contribution in [3.63, 3.8) is 0 Å². The van der Waals surface area contributed by atoms with Gasteiger partial charge in [-0.3, -0.25) is 4.84 Å². The smallest absolute Gasteiger partial charge is 0.0978 e. The van der Waals surface area contributed by atoms with Gasteiger partial charge in [-0.25, -0.2) is 5.90 Å². The zero-order valence-electron chi connectivity index (χ0n) is 8.74. The van der Waals surface area contributed by atoms with Crippen molar-refractivity contribution in [3.05, 3.63) is 28.2 Å². The molecule has 1 atom stereocenters. The summed E-state index contributed by atoms with van der Waals surface area (Å²) in [6.45, 7) is 4.03. The molecule has 0 radical (unpaired) electrons. The van der Waals surface area contributed by atoms with Crippen LogP contribution < -0.4 is 10.8 Å². The average Bonchev–Trinajstić information content (AvgIpc) is 2.66. The van der Waals surface area contributed by atoms with Crippen LogP contribution in [0.4, 0.5) is 5.69 Å². The van der Waals surface area contributed by atoms with E-state index in [1.54, 1.807) is 0 Å². The molecule has 1 saturated heterocycles. The molecule has 4 heteroatoms. The van der Waals surface area contributed by atoms with Gasteiger partial charge < -0.3 is 4.90 Å². The highest BCUT2D eigenvalue weighted by Crippen LogP contribution is 2.27. The van der Waals surface area contributed by atoms with Crippen LogP contribution in [0, 0.1) is 6.92 Å². The number of halogens is 1. The first kappa shape index (κ1) is 10.9. The van der Waals surface area contributed by atoms with Crippen LogP contribution in [0.5, 0.6) is 0 Å². The minimum absolute atomic E-state index is 0.174. The van der Waals surface area contributed by atoms with Crippen LogP contribution >= 0.6 is 15.9 Å². The molecule has 1 aromatic carbocycles. The van der Waals surface area contributed by atoms with E-state index in [2.05, 4.69) is 46.0 Å². The molecule has 2 N–H and O–H groups in total. The molecule has 0 saturated carbocycles. The largest absolute Gasteiger partial charge is 0.369 e. The fourth-order valence-corrected chi connectivity index (χ4v) is 2.51. The van der Waals surface area contributed by atoms with E-state index in [0.29, 0.717) is 0 Å². The van der Waals surface area contributed by atoms with E-state index in [0.717, 1.165) is 24.0 Å². The molecule has 1 aliphatic heterocycles. The Kier molecular flexibility index (Phi) is 3.29. The molecule has 1 unspecified atom stereocenters. The predicted molar refractivity (Wildman–Crippen MR) is 64.8 cm³/mol. The van der Waals surface area contributed by atoms with Gasteiger partial charge in [0.2, 0.25) is 0 Å². The number of nitrogens with zero attached hydrogens (tertiary/aromatic N) is 1. The van der Waals surface area contributed by atoms with E-state index in [1.165, 1.54) is 11.3 Å². The van der Waals surface area contributed by atoms with Gasteiger partial charge in [-0.15, -0.1) is 0 Å². The summed E-state index contributed by atoms with van der Waals surface area (Å²) >= 11 is 3.47. The van der Waals surface area contributed by atoms with Crippen LogP contribution in [0.3, 0.4) is 0 Å². The van der Waals surface area contributed by atoms with E-state index in [4.69, 9.17) is 10.7 Å². The lowest BCUT2D eigenvalue weighted by molar-refractivity contribution is 0.0690. The van der Waals surface area contributed by atoms with Crippen molar-refractivity contribution in [1.29, 1.82) is 0 Å². The van der Waals surface area contributed by atoms with Crippen LogP contribution in [-0.2, 0) is 4.84 Å². The monoisotopic (exact) mass is 270 g/mol. The van der Waals surface area contributed by atoms with Crippen LogP contribution in [-0.4, -0.2) is 19.2 Å². The van der Waals surface area contributed by atoms with Gasteiger partial charge >= 0.3 is 0 Å². The molecule has 1 aromatic rings. The second kappa shape index (κ2) is 4.51. The molecule has 1 fully saturated rings. The number of anilines is 1. The summed E-state index contributed by atoms with van der Waals surface area (Å²) in [6, 6.07) is 6.34. The fourth-order valence-electron chi connectivity index (χ4n) is 2.03. The molecule has 15 heavy (non-hydrogen) atoms. The third kappa shape index (κ3) is 2.33. The maximum atomic E-state index is 5.20. The van der Waals surface area contributed by atoms with Crippen LogP contribution in [0.2, 0.25) is 0 Å². The van der Waals surface area contributed by atoms with E-state index in [9.17, 15) is 0 Å². The Morgan fingerprint density at radius 3 is 2.93 bits per heavy atom. The zero-order valence-corrected chi connectivity index (χ0v) is 10.3. The normalized spacial score (nSPS) is 21.0. The molecule has 0 spiro atoms. The lowest BCUT2D eigenvalue weighted by Crippen LogP contribution is -2.25. The number of rotatable bonds is 2. The summed E-state index contributed by atoms with van der Waals surface area (Å²) in [6.07, 6.45) is 1.18. The third-order valence-corrected chi connectivity index (χ3v) is 3.33. The van der Waals surface area contributed by atoms with Crippen molar-refractivity contribution in [1.82, 2.24) is 0 Å². The number of benzene rings is 1. The van der Waals surface area contributed by atoms with E-state index >= 15 is 0 Å². The van der Waals surface area contributed by atoms with Crippen molar-refractivity contribution >= 4 is 21.6 Å². The Balaban J connectivity index is 2.17. The quantitative estimate of drug-likeness (QED) is 0.838. The van der Waals surface area contributed by atoms with Gasteiger partial charge in [0.15, 0.2) is 0 Å². The summed E-state index contributed by atoms with van der Waals surface area (Å²) in [5.41, 5.74) is 2.56. The third-order valence-electron chi connectivity index (χ3n) is 2.84. The first-order valence-electron chi connectivity index (χ1n) is 5.07. The minimum atomic E-state index is 0.174. The van der Waals surface area contributed by atoms with Gasteiger partial charge in [-0.05, 0) is 37.1 Å². The Labute approximate surface area is 98.3 Å². The molecule has 3 nitrogen and oxygen atoms in total. The second-order valence-corrected chi connectivity index (χ2v) is 4.84. The molecular weight excluding hydrogens is 256 g/mol. The van der Waals surface area contributed by atoms with Crippen molar-refractivity contribution < 1.29 is 4.84 Å². The fraction of sp³-hybridized carbons (Fsp3) is 0.455. The standard InChI is InChI=1S/C11H15BrN2O/c1-8-6-9(12)2-3-11(8)14-5-4-10(7-14)15-13/h2-3,6,10H,4-5,7,13H2,1H3. The summed E-state index contributed by atoms with van der Waals surface area (Å²) < 4.78 is 1.12. The highest BCUT2D eigenvalue weighted by Gasteiger charge is 2.23. The van der Waals surface area contributed by atoms with Gasteiger partial charge in [0, 0.05) is 23.2 Å². The molecule has 0 bridgehead atoms. The van der Waals surface area contributed by atoms with Crippen molar-refractivity contribution in [2.24, 2.45) is 5.90 Å². The van der Waals surface area contributed by atoms with E-state index < -0.39 is 0 Å². The minimum Gasteiger partial charge on any atom is -0.369 e.